The summed E-state index contributed by atoms with van der Waals surface area (Å²) >= 11 is 0. The van der Waals surface area contributed by atoms with Gasteiger partial charge in [0.05, 0.1) is 12.0 Å². The van der Waals surface area contributed by atoms with Gasteiger partial charge in [-0.05, 0) is 12.1 Å². The van der Waals surface area contributed by atoms with Gasteiger partial charge in [0.25, 0.3) is 0 Å². The zero-order valence-electron chi connectivity index (χ0n) is 9.32. The molecule has 0 atom stereocenters. The third-order valence-electron chi connectivity index (χ3n) is 2.14. The highest BCUT2D eigenvalue weighted by atomic mass is 14.8. The van der Waals surface area contributed by atoms with Crippen molar-refractivity contribution < 1.29 is 0 Å². The highest BCUT2D eigenvalue weighted by molar-refractivity contribution is 5.58. The molecule has 0 spiro atoms. The van der Waals surface area contributed by atoms with Crippen molar-refractivity contribution in [2.75, 3.05) is 0 Å². The summed E-state index contributed by atoms with van der Waals surface area (Å²) < 4.78 is 0. The van der Waals surface area contributed by atoms with Crippen molar-refractivity contribution in [2.45, 2.75) is 0 Å². The number of nitrogens with zero attached hydrogens (tertiary/aromatic N) is 2. The van der Waals surface area contributed by atoms with Gasteiger partial charge in [0.15, 0.2) is 0 Å². The molecule has 0 aliphatic heterocycles. The number of rotatable bonds is 1. The summed E-state index contributed by atoms with van der Waals surface area (Å²) in [6.45, 7) is 0. The Morgan fingerprint density at radius 1 is 0.824 bits per heavy atom. The maximum Gasteiger partial charge on any atom is 0.0919 e. The molecule has 0 bridgehead atoms. The summed E-state index contributed by atoms with van der Waals surface area (Å²) in [4.78, 5) is 10.7. The maximum atomic E-state index is 4.25. The number of aromatic amines is 1. The molecule has 3 nitrogen and oxygen atoms in total. The number of benzene rings is 1. The van der Waals surface area contributed by atoms with Crippen LogP contribution in [0.15, 0.2) is 73.4 Å². The summed E-state index contributed by atoms with van der Waals surface area (Å²) in [6.07, 6.45) is 6.89. The van der Waals surface area contributed by atoms with Crippen molar-refractivity contribution in [3.8, 4) is 11.3 Å². The van der Waals surface area contributed by atoms with Gasteiger partial charge >= 0.3 is 0 Å². The van der Waals surface area contributed by atoms with E-state index in [0.717, 1.165) is 11.3 Å². The molecule has 0 radical (unpaired) electrons. The monoisotopic (exact) mass is 223 g/mol. The molecule has 84 valence electrons. The molecule has 0 amide bonds. The van der Waals surface area contributed by atoms with Gasteiger partial charge < -0.3 is 4.98 Å². The minimum Gasteiger partial charge on any atom is -0.351 e. The predicted molar refractivity (Wildman–Crippen MR) is 68.3 cm³/mol. The molecular weight excluding hydrogens is 210 g/mol. The van der Waals surface area contributed by atoms with Crippen LogP contribution < -0.4 is 0 Å². The molecule has 0 fully saturated rings. The van der Waals surface area contributed by atoms with Crippen LogP contribution in [-0.4, -0.2) is 15.0 Å². The summed E-state index contributed by atoms with van der Waals surface area (Å²) in [7, 11) is 0. The van der Waals surface area contributed by atoms with Gasteiger partial charge in [-0.1, -0.05) is 36.4 Å². The second-order valence-electron chi connectivity index (χ2n) is 3.34. The van der Waals surface area contributed by atoms with E-state index >= 15 is 0 Å². The standard InChI is InChI=1S/C11H9N.C3H4N2/c1-2-6-10(7-3-1)11-8-4-5-9-12-11;1-2-5-3-4-1/h1-9H;1-3H,(H,4,5). The molecule has 3 rings (SSSR count). The van der Waals surface area contributed by atoms with Crippen LogP contribution in [0.5, 0.6) is 0 Å². The topological polar surface area (TPSA) is 41.6 Å². The number of pyridine rings is 1. The fourth-order valence-electron chi connectivity index (χ4n) is 1.36. The first-order valence-electron chi connectivity index (χ1n) is 5.36. The van der Waals surface area contributed by atoms with E-state index in [-0.39, 0.29) is 0 Å². The van der Waals surface area contributed by atoms with Gasteiger partial charge in [0.2, 0.25) is 0 Å². The zero-order chi connectivity index (χ0) is 11.8. The molecule has 3 heteroatoms. The number of aromatic nitrogens is 3. The van der Waals surface area contributed by atoms with Gasteiger partial charge in [-0.2, -0.15) is 0 Å². The van der Waals surface area contributed by atoms with Crippen molar-refractivity contribution in [2.24, 2.45) is 0 Å². The lowest BCUT2D eigenvalue weighted by molar-refractivity contribution is 1.31. The summed E-state index contributed by atoms with van der Waals surface area (Å²) in [5, 5.41) is 0. The van der Waals surface area contributed by atoms with Gasteiger partial charge in [-0.3, -0.25) is 4.98 Å². The molecule has 0 saturated carbocycles. The van der Waals surface area contributed by atoms with Crippen molar-refractivity contribution >= 4 is 0 Å². The molecule has 1 aromatic carbocycles. The van der Waals surface area contributed by atoms with Crippen LogP contribution in [0.1, 0.15) is 0 Å². The van der Waals surface area contributed by atoms with E-state index in [4.69, 9.17) is 0 Å². The van der Waals surface area contributed by atoms with Gasteiger partial charge in [-0.25, -0.2) is 4.98 Å². The highest BCUT2D eigenvalue weighted by Gasteiger charge is 1.93. The normalized spacial score (nSPS) is 9.18. The molecular formula is C14H13N3. The van der Waals surface area contributed by atoms with E-state index in [1.54, 1.807) is 18.7 Å². The Morgan fingerprint density at radius 2 is 1.65 bits per heavy atom. The number of hydrogen-bond acceptors (Lipinski definition) is 2. The Morgan fingerprint density at radius 3 is 2.18 bits per heavy atom. The van der Waals surface area contributed by atoms with E-state index in [2.05, 4.69) is 27.1 Å². The molecule has 0 aliphatic rings. The Balaban J connectivity index is 0.000000181. The third kappa shape index (κ3) is 3.57. The third-order valence-corrected chi connectivity index (χ3v) is 2.14. The Labute approximate surface area is 100 Å². The average Bonchev–Trinajstić information content (AvgIpc) is 3.00. The summed E-state index contributed by atoms with van der Waals surface area (Å²) in [5.41, 5.74) is 2.19. The van der Waals surface area contributed by atoms with E-state index in [1.165, 1.54) is 0 Å². The van der Waals surface area contributed by atoms with Gasteiger partial charge in [0, 0.05) is 24.2 Å². The van der Waals surface area contributed by atoms with Crippen molar-refractivity contribution in [1.29, 1.82) is 0 Å². The first-order chi connectivity index (χ1) is 8.47. The SMILES string of the molecule is c1c[nH]cn1.c1ccc(-c2ccccn2)cc1. The van der Waals surface area contributed by atoms with Gasteiger partial charge in [-0.15, -0.1) is 0 Å². The van der Waals surface area contributed by atoms with Crippen LogP contribution >= 0.6 is 0 Å². The molecule has 2 heterocycles. The largest absolute Gasteiger partial charge is 0.351 e. The van der Waals surface area contributed by atoms with Crippen LogP contribution in [0.2, 0.25) is 0 Å². The van der Waals surface area contributed by atoms with Crippen LogP contribution in [0.4, 0.5) is 0 Å². The summed E-state index contributed by atoms with van der Waals surface area (Å²) in [5.74, 6) is 0. The van der Waals surface area contributed by atoms with E-state index < -0.39 is 0 Å². The molecule has 0 aliphatic carbocycles. The fraction of sp³-hybridized carbons (Fsp3) is 0. The number of hydrogen-bond donors (Lipinski definition) is 1. The van der Waals surface area contributed by atoms with Crippen LogP contribution in [0.3, 0.4) is 0 Å². The maximum absolute atomic E-state index is 4.25. The van der Waals surface area contributed by atoms with E-state index in [9.17, 15) is 0 Å². The zero-order valence-corrected chi connectivity index (χ0v) is 9.32. The number of imidazole rings is 1. The highest BCUT2D eigenvalue weighted by Crippen LogP contribution is 2.14. The Hall–Kier alpha value is -2.42. The van der Waals surface area contributed by atoms with Crippen LogP contribution in [0, 0.1) is 0 Å². The van der Waals surface area contributed by atoms with Gasteiger partial charge in [0.1, 0.15) is 0 Å². The van der Waals surface area contributed by atoms with Crippen molar-refractivity contribution in [3.05, 3.63) is 73.4 Å². The van der Waals surface area contributed by atoms with Crippen molar-refractivity contribution in [1.82, 2.24) is 15.0 Å². The van der Waals surface area contributed by atoms with E-state index in [0.29, 0.717) is 0 Å². The average molecular weight is 223 g/mol. The molecule has 0 saturated heterocycles. The molecule has 1 N–H and O–H groups in total. The first kappa shape index (κ1) is 11.1. The lowest BCUT2D eigenvalue weighted by atomic mass is 10.1. The Bertz CT molecular complexity index is 449. The van der Waals surface area contributed by atoms with Crippen LogP contribution in [-0.2, 0) is 0 Å². The molecule has 0 unspecified atom stereocenters. The predicted octanol–water partition coefficient (Wildman–Crippen LogP) is 3.16. The quantitative estimate of drug-likeness (QED) is 0.688. The van der Waals surface area contributed by atoms with Crippen molar-refractivity contribution in [3.63, 3.8) is 0 Å². The smallest absolute Gasteiger partial charge is 0.0919 e. The molecule has 3 aromatic rings. The number of H-pyrrole nitrogens is 1. The van der Waals surface area contributed by atoms with Crippen LogP contribution in [0.25, 0.3) is 11.3 Å². The molecule has 17 heavy (non-hydrogen) atoms. The fourth-order valence-corrected chi connectivity index (χ4v) is 1.36. The Kier molecular flexibility index (Phi) is 4.06. The number of nitrogens with one attached hydrogen (secondary N) is 1. The van der Waals surface area contributed by atoms with E-state index in [1.807, 2.05) is 42.6 Å². The minimum absolute atomic E-state index is 1.03. The lowest BCUT2D eigenvalue weighted by Crippen LogP contribution is -1.79. The summed E-state index contributed by atoms with van der Waals surface area (Å²) in [6, 6.07) is 16.1. The minimum atomic E-state index is 1.03. The molecule has 2 aromatic heterocycles. The second-order valence-corrected chi connectivity index (χ2v) is 3.34. The second kappa shape index (κ2) is 6.23. The lowest BCUT2D eigenvalue weighted by Gasteiger charge is -1.97. The first-order valence-corrected chi connectivity index (χ1v) is 5.36.